The molecule has 0 bridgehead atoms. The molecule has 0 aliphatic carbocycles. The number of benzene rings is 1. The highest BCUT2D eigenvalue weighted by molar-refractivity contribution is 6.17. The number of hydrogen-bond acceptors (Lipinski definition) is 5. The maximum atomic E-state index is 12.2. The molecule has 0 fully saturated rings. The summed E-state index contributed by atoms with van der Waals surface area (Å²) >= 11 is 0. The molecular formula is C16H19N3O4. The van der Waals surface area contributed by atoms with E-state index in [0.717, 1.165) is 16.0 Å². The molecule has 2 rings (SSSR count). The van der Waals surface area contributed by atoms with Crippen molar-refractivity contribution in [2.24, 2.45) is 0 Å². The molecule has 1 aromatic rings. The Bertz CT molecular complexity index is 710. The van der Waals surface area contributed by atoms with Crippen LogP contribution in [0.1, 0.15) is 18.1 Å². The van der Waals surface area contributed by atoms with Gasteiger partial charge in [-0.05, 0) is 31.0 Å². The second kappa shape index (κ2) is 6.62. The zero-order valence-electron chi connectivity index (χ0n) is 13.3. The highest BCUT2D eigenvalue weighted by Gasteiger charge is 2.31. The number of carbonyl (C=O) groups is 3. The number of aryl methyl sites for hydroxylation is 2. The van der Waals surface area contributed by atoms with Gasteiger partial charge in [0.15, 0.2) is 0 Å². The van der Waals surface area contributed by atoms with E-state index in [0.29, 0.717) is 11.4 Å². The number of amides is 3. The lowest BCUT2D eigenvalue weighted by molar-refractivity contribution is -0.137. The molecule has 122 valence electrons. The highest BCUT2D eigenvalue weighted by atomic mass is 16.3. The fraction of sp³-hybridized carbons (Fsp3) is 0.312. The van der Waals surface area contributed by atoms with E-state index >= 15 is 0 Å². The first-order chi connectivity index (χ1) is 10.8. The standard InChI is InChI=1S/C16H19N3O4/c1-9-6-10(2)15(17-11(3)21)12(7-9)18-13-8-14(22)19(4-5-20)16(13)23/h6-8,18,20H,4-5H2,1-3H3,(H,17,21). The lowest BCUT2D eigenvalue weighted by Crippen LogP contribution is -2.34. The smallest absolute Gasteiger partial charge is 0.277 e. The third kappa shape index (κ3) is 3.57. The van der Waals surface area contributed by atoms with Crippen LogP contribution < -0.4 is 10.6 Å². The third-order valence-electron chi connectivity index (χ3n) is 3.38. The summed E-state index contributed by atoms with van der Waals surface area (Å²) in [5, 5.41) is 14.6. The van der Waals surface area contributed by atoms with Crippen LogP contribution in [0, 0.1) is 13.8 Å². The molecule has 23 heavy (non-hydrogen) atoms. The van der Waals surface area contributed by atoms with Gasteiger partial charge in [0.25, 0.3) is 11.8 Å². The fourth-order valence-corrected chi connectivity index (χ4v) is 2.46. The lowest BCUT2D eigenvalue weighted by atomic mass is 10.1. The molecule has 0 radical (unpaired) electrons. The number of β-amino-alcohol motifs (C(OH)–C–C–N with tert-alkyl or cyclic N) is 1. The quantitative estimate of drug-likeness (QED) is 0.701. The first kappa shape index (κ1) is 16.7. The number of anilines is 2. The lowest BCUT2D eigenvalue weighted by Gasteiger charge is -2.17. The summed E-state index contributed by atoms with van der Waals surface area (Å²) in [6, 6.07) is 3.69. The van der Waals surface area contributed by atoms with E-state index in [1.165, 1.54) is 13.0 Å². The zero-order chi connectivity index (χ0) is 17.1. The number of aliphatic hydroxyl groups excluding tert-OH is 1. The molecular weight excluding hydrogens is 298 g/mol. The maximum absolute atomic E-state index is 12.2. The molecule has 7 heteroatoms. The molecule has 1 aliphatic heterocycles. The number of carbonyl (C=O) groups excluding carboxylic acids is 3. The van der Waals surface area contributed by atoms with Gasteiger partial charge in [0.05, 0.1) is 24.5 Å². The van der Waals surface area contributed by atoms with Gasteiger partial charge in [-0.2, -0.15) is 0 Å². The molecule has 3 amide bonds. The Morgan fingerprint density at radius 2 is 1.96 bits per heavy atom. The zero-order valence-corrected chi connectivity index (χ0v) is 13.3. The molecule has 1 aromatic carbocycles. The SMILES string of the molecule is CC(=O)Nc1c(C)cc(C)cc1NC1=CC(=O)N(CCO)C1=O. The molecule has 1 heterocycles. The molecule has 0 unspecified atom stereocenters. The third-order valence-corrected chi connectivity index (χ3v) is 3.38. The monoisotopic (exact) mass is 317 g/mol. The first-order valence-electron chi connectivity index (χ1n) is 7.17. The van der Waals surface area contributed by atoms with Crippen molar-refractivity contribution in [2.75, 3.05) is 23.8 Å². The van der Waals surface area contributed by atoms with Gasteiger partial charge >= 0.3 is 0 Å². The van der Waals surface area contributed by atoms with Crippen molar-refractivity contribution in [2.45, 2.75) is 20.8 Å². The Labute approximate surface area is 134 Å². The van der Waals surface area contributed by atoms with Crippen molar-refractivity contribution >= 4 is 29.1 Å². The molecule has 0 aromatic heterocycles. The molecule has 0 saturated carbocycles. The van der Waals surface area contributed by atoms with Crippen LogP contribution >= 0.6 is 0 Å². The van der Waals surface area contributed by atoms with E-state index in [-0.39, 0.29) is 24.8 Å². The van der Waals surface area contributed by atoms with Gasteiger partial charge < -0.3 is 15.7 Å². The van der Waals surface area contributed by atoms with E-state index in [2.05, 4.69) is 10.6 Å². The molecule has 3 N–H and O–H groups in total. The van der Waals surface area contributed by atoms with Crippen LogP contribution in [0.3, 0.4) is 0 Å². The summed E-state index contributed by atoms with van der Waals surface area (Å²) in [5.74, 6) is -1.21. The molecule has 7 nitrogen and oxygen atoms in total. The van der Waals surface area contributed by atoms with Crippen LogP contribution in [0.2, 0.25) is 0 Å². The minimum Gasteiger partial charge on any atom is -0.395 e. The Hall–Kier alpha value is -2.67. The van der Waals surface area contributed by atoms with E-state index < -0.39 is 11.8 Å². The Balaban J connectivity index is 2.33. The van der Waals surface area contributed by atoms with Crippen LogP contribution in [0.5, 0.6) is 0 Å². The molecule has 0 spiro atoms. The number of hydrogen-bond donors (Lipinski definition) is 3. The van der Waals surface area contributed by atoms with Crippen LogP contribution in [-0.2, 0) is 14.4 Å². The summed E-state index contributed by atoms with van der Waals surface area (Å²) in [5.41, 5.74) is 3.00. The van der Waals surface area contributed by atoms with Gasteiger partial charge in [-0.25, -0.2) is 0 Å². The number of rotatable bonds is 5. The first-order valence-corrected chi connectivity index (χ1v) is 7.17. The Morgan fingerprint density at radius 1 is 1.26 bits per heavy atom. The Kier molecular flexibility index (Phi) is 4.80. The summed E-state index contributed by atoms with van der Waals surface area (Å²) in [6.45, 7) is 4.79. The van der Waals surface area contributed by atoms with Gasteiger partial charge in [0.2, 0.25) is 5.91 Å². The number of nitrogens with zero attached hydrogens (tertiary/aromatic N) is 1. The number of imide groups is 1. The summed E-state index contributed by atoms with van der Waals surface area (Å²) < 4.78 is 0. The van der Waals surface area contributed by atoms with Crippen molar-refractivity contribution in [3.05, 3.63) is 35.0 Å². The Morgan fingerprint density at radius 3 is 2.57 bits per heavy atom. The normalized spacial score (nSPS) is 14.1. The van der Waals surface area contributed by atoms with Gasteiger partial charge in [-0.1, -0.05) is 6.07 Å². The van der Waals surface area contributed by atoms with Crippen molar-refractivity contribution in [3.8, 4) is 0 Å². The van der Waals surface area contributed by atoms with Gasteiger partial charge in [0.1, 0.15) is 5.70 Å². The highest BCUT2D eigenvalue weighted by Crippen LogP contribution is 2.30. The van der Waals surface area contributed by atoms with E-state index in [1.54, 1.807) is 6.07 Å². The van der Waals surface area contributed by atoms with Crippen molar-refractivity contribution in [3.63, 3.8) is 0 Å². The summed E-state index contributed by atoms with van der Waals surface area (Å²) in [7, 11) is 0. The van der Waals surface area contributed by atoms with E-state index in [1.807, 2.05) is 19.9 Å². The average Bonchev–Trinajstić information content (AvgIpc) is 2.70. The van der Waals surface area contributed by atoms with Gasteiger partial charge in [-0.3, -0.25) is 19.3 Å². The minimum absolute atomic E-state index is 0.0508. The maximum Gasteiger partial charge on any atom is 0.277 e. The van der Waals surface area contributed by atoms with Crippen molar-refractivity contribution in [1.29, 1.82) is 0 Å². The van der Waals surface area contributed by atoms with Crippen LogP contribution in [-0.4, -0.2) is 40.9 Å². The predicted molar refractivity (Wildman–Crippen MR) is 85.7 cm³/mol. The van der Waals surface area contributed by atoms with Crippen LogP contribution in [0.15, 0.2) is 23.9 Å². The second-order valence-electron chi connectivity index (χ2n) is 5.39. The number of aliphatic hydroxyl groups is 1. The van der Waals surface area contributed by atoms with Crippen LogP contribution in [0.4, 0.5) is 11.4 Å². The molecule has 1 aliphatic rings. The van der Waals surface area contributed by atoms with Gasteiger partial charge in [0, 0.05) is 13.0 Å². The van der Waals surface area contributed by atoms with Crippen molar-refractivity contribution < 1.29 is 19.5 Å². The average molecular weight is 317 g/mol. The fourth-order valence-electron chi connectivity index (χ4n) is 2.46. The summed E-state index contributed by atoms with van der Waals surface area (Å²) in [4.78, 5) is 36.3. The van der Waals surface area contributed by atoms with Gasteiger partial charge in [-0.15, -0.1) is 0 Å². The minimum atomic E-state index is -0.503. The predicted octanol–water partition coefficient (Wildman–Crippen LogP) is 0.919. The number of nitrogens with one attached hydrogen (secondary N) is 2. The topological polar surface area (TPSA) is 98.7 Å². The van der Waals surface area contributed by atoms with Crippen molar-refractivity contribution in [1.82, 2.24) is 4.90 Å². The largest absolute Gasteiger partial charge is 0.395 e. The summed E-state index contributed by atoms with van der Waals surface area (Å²) in [6.07, 6.45) is 1.19. The second-order valence-corrected chi connectivity index (χ2v) is 5.39. The van der Waals surface area contributed by atoms with E-state index in [9.17, 15) is 14.4 Å². The van der Waals surface area contributed by atoms with Crippen LogP contribution in [0.25, 0.3) is 0 Å². The van der Waals surface area contributed by atoms with E-state index in [4.69, 9.17) is 5.11 Å². The molecule has 0 atom stereocenters. The molecule has 0 saturated heterocycles.